The third-order valence-corrected chi connectivity index (χ3v) is 4.78. The second-order valence-corrected chi connectivity index (χ2v) is 6.43. The summed E-state index contributed by atoms with van der Waals surface area (Å²) in [5, 5.41) is 9.58. The Bertz CT molecular complexity index is 806. The molecular formula is C20H20FNO4. The van der Waals surface area contributed by atoms with E-state index in [1.165, 1.54) is 12.1 Å². The van der Waals surface area contributed by atoms with E-state index in [4.69, 9.17) is 4.74 Å². The summed E-state index contributed by atoms with van der Waals surface area (Å²) < 4.78 is 18.2. The van der Waals surface area contributed by atoms with Crippen LogP contribution in [-0.4, -0.2) is 42.1 Å². The quantitative estimate of drug-likeness (QED) is 0.893. The van der Waals surface area contributed by atoms with Crippen LogP contribution in [0.3, 0.4) is 0 Å². The van der Waals surface area contributed by atoms with Crippen LogP contribution in [-0.2, 0) is 16.0 Å². The molecule has 0 radical (unpaired) electrons. The number of hydrogen-bond acceptors (Lipinski definition) is 3. The molecular weight excluding hydrogens is 337 g/mol. The van der Waals surface area contributed by atoms with Crippen LogP contribution in [0.5, 0.6) is 5.75 Å². The SMILES string of the molecule is COc1cccc(C2CN(C(=O)Cc3ccc(F)cc3)CC2C(=O)O)c1. The molecule has 0 bridgehead atoms. The lowest BCUT2D eigenvalue weighted by Crippen LogP contribution is -2.31. The van der Waals surface area contributed by atoms with E-state index in [0.29, 0.717) is 17.9 Å². The van der Waals surface area contributed by atoms with Gasteiger partial charge in [-0.05, 0) is 35.4 Å². The molecule has 26 heavy (non-hydrogen) atoms. The maximum Gasteiger partial charge on any atom is 0.308 e. The lowest BCUT2D eigenvalue weighted by atomic mass is 9.89. The van der Waals surface area contributed by atoms with Gasteiger partial charge in [0.1, 0.15) is 11.6 Å². The van der Waals surface area contributed by atoms with E-state index in [9.17, 15) is 19.1 Å². The van der Waals surface area contributed by atoms with Crippen LogP contribution in [0.2, 0.25) is 0 Å². The molecule has 0 aromatic heterocycles. The summed E-state index contributed by atoms with van der Waals surface area (Å²) in [5.41, 5.74) is 1.54. The van der Waals surface area contributed by atoms with Crippen molar-refractivity contribution in [2.75, 3.05) is 20.2 Å². The van der Waals surface area contributed by atoms with Gasteiger partial charge in [0.2, 0.25) is 5.91 Å². The highest BCUT2D eigenvalue weighted by Crippen LogP contribution is 2.34. The van der Waals surface area contributed by atoms with Gasteiger partial charge in [0.15, 0.2) is 0 Å². The van der Waals surface area contributed by atoms with Gasteiger partial charge in [-0.3, -0.25) is 9.59 Å². The summed E-state index contributed by atoms with van der Waals surface area (Å²) in [6.45, 7) is 0.501. The molecule has 5 nitrogen and oxygen atoms in total. The number of rotatable bonds is 5. The van der Waals surface area contributed by atoms with Gasteiger partial charge in [-0.15, -0.1) is 0 Å². The molecule has 2 atom stereocenters. The van der Waals surface area contributed by atoms with Crippen molar-refractivity contribution in [3.05, 3.63) is 65.5 Å². The van der Waals surface area contributed by atoms with Gasteiger partial charge in [-0.1, -0.05) is 24.3 Å². The number of carbonyl (C=O) groups is 2. The zero-order valence-electron chi connectivity index (χ0n) is 14.4. The average Bonchev–Trinajstić information content (AvgIpc) is 3.09. The smallest absolute Gasteiger partial charge is 0.308 e. The van der Waals surface area contributed by atoms with Crippen LogP contribution in [0.4, 0.5) is 4.39 Å². The first-order chi connectivity index (χ1) is 12.5. The Balaban J connectivity index is 1.76. The number of likely N-dealkylation sites (tertiary alicyclic amines) is 1. The number of hydrogen-bond donors (Lipinski definition) is 1. The maximum absolute atomic E-state index is 13.0. The van der Waals surface area contributed by atoms with Crippen LogP contribution < -0.4 is 4.74 Å². The van der Waals surface area contributed by atoms with Crippen molar-refractivity contribution >= 4 is 11.9 Å². The Hall–Kier alpha value is -2.89. The number of benzene rings is 2. The van der Waals surface area contributed by atoms with Crippen molar-refractivity contribution in [2.24, 2.45) is 5.92 Å². The second kappa shape index (κ2) is 7.56. The molecule has 3 rings (SSSR count). The lowest BCUT2D eigenvalue weighted by Gasteiger charge is -2.17. The highest BCUT2D eigenvalue weighted by atomic mass is 19.1. The number of amides is 1. The largest absolute Gasteiger partial charge is 0.497 e. The fourth-order valence-corrected chi connectivity index (χ4v) is 3.36. The predicted molar refractivity (Wildman–Crippen MR) is 93.5 cm³/mol. The Morgan fingerprint density at radius 2 is 1.92 bits per heavy atom. The highest BCUT2D eigenvalue weighted by molar-refractivity contribution is 5.81. The summed E-state index contributed by atoms with van der Waals surface area (Å²) in [7, 11) is 1.56. The zero-order chi connectivity index (χ0) is 18.7. The first kappa shape index (κ1) is 17.9. The summed E-state index contributed by atoms with van der Waals surface area (Å²) in [4.78, 5) is 25.9. The molecule has 1 saturated heterocycles. The van der Waals surface area contributed by atoms with Gasteiger partial charge in [0, 0.05) is 19.0 Å². The van der Waals surface area contributed by atoms with Crippen molar-refractivity contribution in [1.29, 1.82) is 0 Å². The standard InChI is InChI=1S/C20H20FNO4/c1-26-16-4-2-3-14(10-16)17-11-22(12-18(17)20(24)25)19(23)9-13-5-7-15(21)8-6-13/h2-8,10,17-18H,9,11-12H2,1H3,(H,24,25). The second-order valence-electron chi connectivity index (χ2n) is 6.43. The number of carbonyl (C=O) groups excluding carboxylic acids is 1. The molecule has 2 unspecified atom stereocenters. The minimum Gasteiger partial charge on any atom is -0.497 e. The molecule has 6 heteroatoms. The van der Waals surface area contributed by atoms with Gasteiger partial charge in [-0.2, -0.15) is 0 Å². The lowest BCUT2D eigenvalue weighted by molar-refractivity contribution is -0.141. The molecule has 1 aliphatic heterocycles. The van der Waals surface area contributed by atoms with E-state index < -0.39 is 11.9 Å². The third kappa shape index (κ3) is 3.85. The van der Waals surface area contributed by atoms with Crippen LogP contribution in [0.15, 0.2) is 48.5 Å². The number of halogens is 1. The first-order valence-electron chi connectivity index (χ1n) is 8.37. The summed E-state index contributed by atoms with van der Waals surface area (Å²) in [5.74, 6) is -1.74. The van der Waals surface area contributed by atoms with Crippen LogP contribution in [0.1, 0.15) is 17.0 Å². The number of ether oxygens (including phenoxy) is 1. The van der Waals surface area contributed by atoms with Gasteiger partial charge in [0.05, 0.1) is 19.4 Å². The van der Waals surface area contributed by atoms with Gasteiger partial charge in [-0.25, -0.2) is 4.39 Å². The number of carboxylic acids is 1. The minimum atomic E-state index is -0.921. The molecule has 2 aromatic carbocycles. The molecule has 136 valence electrons. The van der Waals surface area contributed by atoms with E-state index in [2.05, 4.69) is 0 Å². The monoisotopic (exact) mass is 357 g/mol. The van der Waals surface area contributed by atoms with Crippen molar-refractivity contribution in [3.63, 3.8) is 0 Å². The topological polar surface area (TPSA) is 66.8 Å². The van der Waals surface area contributed by atoms with Crippen molar-refractivity contribution in [3.8, 4) is 5.75 Å². The molecule has 1 N–H and O–H groups in total. The number of aliphatic carboxylic acids is 1. The van der Waals surface area contributed by atoms with E-state index in [1.807, 2.05) is 18.2 Å². The fourth-order valence-electron chi connectivity index (χ4n) is 3.36. The molecule has 1 heterocycles. The number of carboxylic acid groups (broad SMARTS) is 1. The van der Waals surface area contributed by atoms with Crippen LogP contribution >= 0.6 is 0 Å². The predicted octanol–water partition coefficient (Wildman–Crippen LogP) is 2.70. The minimum absolute atomic E-state index is 0.122. The molecule has 2 aromatic rings. The molecule has 1 amide bonds. The summed E-state index contributed by atoms with van der Waals surface area (Å²) in [6.07, 6.45) is 0.122. The van der Waals surface area contributed by atoms with E-state index >= 15 is 0 Å². The fraction of sp³-hybridized carbons (Fsp3) is 0.300. The van der Waals surface area contributed by atoms with Crippen LogP contribution in [0, 0.1) is 11.7 Å². The Kier molecular flexibility index (Phi) is 5.21. The van der Waals surface area contributed by atoms with Crippen molar-refractivity contribution in [1.82, 2.24) is 4.90 Å². The van der Waals surface area contributed by atoms with Crippen molar-refractivity contribution in [2.45, 2.75) is 12.3 Å². The molecule has 0 spiro atoms. The van der Waals surface area contributed by atoms with Gasteiger partial charge >= 0.3 is 5.97 Å². The molecule has 1 aliphatic rings. The molecule has 0 aliphatic carbocycles. The Labute approximate surface area is 151 Å². The molecule has 1 fully saturated rings. The maximum atomic E-state index is 13.0. The summed E-state index contributed by atoms with van der Waals surface area (Å²) in [6, 6.07) is 13.0. The first-order valence-corrected chi connectivity index (χ1v) is 8.37. The normalized spacial score (nSPS) is 19.4. The zero-order valence-corrected chi connectivity index (χ0v) is 14.4. The van der Waals surface area contributed by atoms with Crippen molar-refractivity contribution < 1.29 is 23.8 Å². The van der Waals surface area contributed by atoms with E-state index in [1.54, 1.807) is 30.2 Å². The Morgan fingerprint density at radius 3 is 2.58 bits per heavy atom. The summed E-state index contributed by atoms with van der Waals surface area (Å²) >= 11 is 0. The molecule has 0 saturated carbocycles. The van der Waals surface area contributed by atoms with Gasteiger partial charge < -0.3 is 14.7 Å². The van der Waals surface area contributed by atoms with Gasteiger partial charge in [0.25, 0.3) is 0 Å². The number of nitrogens with zero attached hydrogens (tertiary/aromatic N) is 1. The highest BCUT2D eigenvalue weighted by Gasteiger charge is 2.40. The van der Waals surface area contributed by atoms with E-state index in [0.717, 1.165) is 5.56 Å². The third-order valence-electron chi connectivity index (χ3n) is 4.78. The van der Waals surface area contributed by atoms with Crippen LogP contribution in [0.25, 0.3) is 0 Å². The Morgan fingerprint density at radius 1 is 1.19 bits per heavy atom. The number of methoxy groups -OCH3 is 1. The van der Waals surface area contributed by atoms with E-state index in [-0.39, 0.29) is 30.6 Å². The average molecular weight is 357 g/mol.